The van der Waals surface area contributed by atoms with Gasteiger partial charge in [0.05, 0.1) is 19.0 Å². The highest BCUT2D eigenvalue weighted by molar-refractivity contribution is 6.29. The number of carbonyl (C=O) groups excluding carboxylic acids is 1. The van der Waals surface area contributed by atoms with Crippen LogP contribution in [0.2, 0.25) is 5.15 Å². The fourth-order valence-corrected chi connectivity index (χ4v) is 1.11. The normalized spacial score (nSPS) is 11.2. The number of hydrogen-bond donors (Lipinski definition) is 0. The number of halogens is 1. The molecule has 0 unspecified atom stereocenters. The lowest BCUT2D eigenvalue weighted by Crippen LogP contribution is -2.14. The quantitative estimate of drug-likeness (QED) is 0.765. The average Bonchev–Trinajstić information content (AvgIpc) is 2.15. The number of ether oxygens (including phenoxy) is 1. The van der Waals surface area contributed by atoms with Crippen LogP contribution >= 0.6 is 11.6 Å². The lowest BCUT2D eigenvalue weighted by atomic mass is 9.93. The molecule has 0 aliphatic heterocycles. The Morgan fingerprint density at radius 3 is 2.69 bits per heavy atom. The van der Waals surface area contributed by atoms with Gasteiger partial charge in [0.25, 0.3) is 0 Å². The van der Waals surface area contributed by atoms with Crippen molar-refractivity contribution in [3.63, 3.8) is 0 Å². The van der Waals surface area contributed by atoms with Gasteiger partial charge in [0.15, 0.2) is 5.69 Å². The summed E-state index contributed by atoms with van der Waals surface area (Å²) in [6.07, 6.45) is 3.51. The van der Waals surface area contributed by atoms with Crippen LogP contribution in [0.15, 0.2) is 12.4 Å². The maximum atomic E-state index is 11.5. The first-order valence-electron chi connectivity index (χ1n) is 5.03. The highest BCUT2D eigenvalue weighted by Gasteiger charge is 2.13. The van der Waals surface area contributed by atoms with Gasteiger partial charge in [-0.05, 0) is 11.8 Å². The fourth-order valence-electron chi connectivity index (χ4n) is 0.964. The second-order valence-electron chi connectivity index (χ2n) is 4.67. The first kappa shape index (κ1) is 12.9. The van der Waals surface area contributed by atoms with E-state index in [1.54, 1.807) is 0 Å². The highest BCUT2D eigenvalue weighted by Crippen LogP contribution is 2.18. The first-order valence-corrected chi connectivity index (χ1v) is 5.41. The molecule has 4 nitrogen and oxygen atoms in total. The van der Waals surface area contributed by atoms with Crippen molar-refractivity contribution in [1.82, 2.24) is 9.97 Å². The maximum Gasteiger partial charge on any atom is 0.358 e. The molecule has 0 aromatic carbocycles. The summed E-state index contributed by atoms with van der Waals surface area (Å²) in [5.41, 5.74) is 0.279. The van der Waals surface area contributed by atoms with E-state index in [0.29, 0.717) is 6.61 Å². The van der Waals surface area contributed by atoms with E-state index < -0.39 is 5.97 Å². The summed E-state index contributed by atoms with van der Waals surface area (Å²) in [4.78, 5) is 19.1. The van der Waals surface area contributed by atoms with Gasteiger partial charge in [-0.3, -0.25) is 4.98 Å². The van der Waals surface area contributed by atoms with E-state index in [9.17, 15) is 4.79 Å². The second kappa shape index (κ2) is 5.25. The standard InChI is InChI=1S/C11H15ClN2O2/c1-11(2,3)4-5-16-10(15)8-6-13-7-9(12)14-8/h6-7H,4-5H2,1-3H3. The molecular formula is C11H15ClN2O2. The number of carbonyl (C=O) groups is 1. The predicted octanol–water partition coefficient (Wildman–Crippen LogP) is 2.72. The van der Waals surface area contributed by atoms with Crippen molar-refractivity contribution in [3.05, 3.63) is 23.2 Å². The Balaban J connectivity index is 2.47. The van der Waals surface area contributed by atoms with Crippen LogP contribution in [0.5, 0.6) is 0 Å². The number of nitrogens with zero attached hydrogens (tertiary/aromatic N) is 2. The van der Waals surface area contributed by atoms with Crippen LogP contribution in [0, 0.1) is 5.41 Å². The zero-order valence-electron chi connectivity index (χ0n) is 9.66. The van der Waals surface area contributed by atoms with Gasteiger partial charge in [-0.2, -0.15) is 0 Å². The van der Waals surface area contributed by atoms with E-state index in [1.807, 2.05) is 0 Å². The molecule has 0 radical (unpaired) electrons. The van der Waals surface area contributed by atoms with Crippen molar-refractivity contribution in [2.75, 3.05) is 6.61 Å². The highest BCUT2D eigenvalue weighted by atomic mass is 35.5. The minimum absolute atomic E-state index is 0.139. The van der Waals surface area contributed by atoms with Crippen LogP contribution in [0.3, 0.4) is 0 Å². The zero-order valence-corrected chi connectivity index (χ0v) is 10.4. The molecule has 1 rings (SSSR count). The van der Waals surface area contributed by atoms with Crippen LogP contribution < -0.4 is 0 Å². The Morgan fingerprint density at radius 1 is 1.44 bits per heavy atom. The molecule has 0 bridgehead atoms. The first-order chi connectivity index (χ1) is 7.38. The summed E-state index contributed by atoms with van der Waals surface area (Å²) in [7, 11) is 0. The van der Waals surface area contributed by atoms with Crippen molar-refractivity contribution in [2.24, 2.45) is 5.41 Å². The smallest absolute Gasteiger partial charge is 0.358 e. The van der Waals surface area contributed by atoms with E-state index in [2.05, 4.69) is 30.7 Å². The lowest BCUT2D eigenvalue weighted by molar-refractivity contribution is 0.0457. The topological polar surface area (TPSA) is 52.1 Å². The molecule has 0 amide bonds. The summed E-state index contributed by atoms with van der Waals surface area (Å²) in [5.74, 6) is -0.487. The Hall–Kier alpha value is -1.16. The summed E-state index contributed by atoms with van der Waals surface area (Å²) < 4.78 is 5.06. The molecular weight excluding hydrogens is 228 g/mol. The van der Waals surface area contributed by atoms with Crippen LogP contribution in [-0.2, 0) is 4.74 Å². The molecule has 1 heterocycles. The van der Waals surface area contributed by atoms with Gasteiger partial charge in [0.2, 0.25) is 0 Å². The maximum absolute atomic E-state index is 11.5. The molecule has 5 heteroatoms. The predicted molar refractivity (Wildman–Crippen MR) is 61.4 cm³/mol. The minimum Gasteiger partial charge on any atom is -0.461 e. The Morgan fingerprint density at radius 2 is 2.12 bits per heavy atom. The Labute approximate surface area is 100 Å². The molecule has 0 atom stereocenters. The van der Waals surface area contributed by atoms with Gasteiger partial charge in [-0.1, -0.05) is 32.4 Å². The molecule has 1 aromatic rings. The van der Waals surface area contributed by atoms with Gasteiger partial charge >= 0.3 is 5.97 Å². The molecule has 0 aliphatic carbocycles. The van der Waals surface area contributed by atoms with E-state index in [1.165, 1.54) is 12.4 Å². The molecule has 0 fully saturated rings. The van der Waals surface area contributed by atoms with Crippen LogP contribution in [0.1, 0.15) is 37.7 Å². The molecule has 16 heavy (non-hydrogen) atoms. The molecule has 0 N–H and O–H groups in total. The van der Waals surface area contributed by atoms with Gasteiger partial charge < -0.3 is 4.74 Å². The van der Waals surface area contributed by atoms with Crippen molar-refractivity contribution in [3.8, 4) is 0 Å². The second-order valence-corrected chi connectivity index (χ2v) is 5.06. The fraction of sp³-hybridized carbons (Fsp3) is 0.545. The zero-order chi connectivity index (χ0) is 12.2. The van der Waals surface area contributed by atoms with Crippen LogP contribution in [-0.4, -0.2) is 22.5 Å². The summed E-state index contributed by atoms with van der Waals surface area (Å²) in [5, 5.41) is 0.185. The van der Waals surface area contributed by atoms with Crippen molar-refractivity contribution in [1.29, 1.82) is 0 Å². The third-order valence-electron chi connectivity index (χ3n) is 1.90. The third-order valence-corrected chi connectivity index (χ3v) is 2.08. The monoisotopic (exact) mass is 242 g/mol. The summed E-state index contributed by atoms with van der Waals surface area (Å²) >= 11 is 5.61. The van der Waals surface area contributed by atoms with E-state index in [0.717, 1.165) is 6.42 Å². The Bertz CT molecular complexity index is 374. The largest absolute Gasteiger partial charge is 0.461 e. The van der Waals surface area contributed by atoms with Crippen molar-refractivity contribution < 1.29 is 9.53 Å². The van der Waals surface area contributed by atoms with Gasteiger partial charge in [-0.25, -0.2) is 9.78 Å². The van der Waals surface area contributed by atoms with Crippen LogP contribution in [0.25, 0.3) is 0 Å². The van der Waals surface area contributed by atoms with Gasteiger partial charge in [0, 0.05) is 0 Å². The van der Waals surface area contributed by atoms with Crippen molar-refractivity contribution >= 4 is 17.6 Å². The summed E-state index contributed by atoms with van der Waals surface area (Å²) in [6.45, 7) is 6.62. The number of rotatable bonds is 3. The van der Waals surface area contributed by atoms with Gasteiger partial charge in [0.1, 0.15) is 5.15 Å². The molecule has 88 valence electrons. The number of esters is 1. The van der Waals surface area contributed by atoms with Crippen LogP contribution in [0.4, 0.5) is 0 Å². The minimum atomic E-state index is -0.487. The van der Waals surface area contributed by atoms with Gasteiger partial charge in [-0.15, -0.1) is 0 Å². The van der Waals surface area contributed by atoms with E-state index in [4.69, 9.17) is 16.3 Å². The van der Waals surface area contributed by atoms with Crippen molar-refractivity contribution in [2.45, 2.75) is 27.2 Å². The van der Waals surface area contributed by atoms with E-state index in [-0.39, 0.29) is 16.3 Å². The number of aromatic nitrogens is 2. The Kier molecular flexibility index (Phi) is 4.24. The SMILES string of the molecule is CC(C)(C)CCOC(=O)c1cncc(Cl)n1. The number of hydrogen-bond acceptors (Lipinski definition) is 4. The molecule has 0 aliphatic rings. The lowest BCUT2D eigenvalue weighted by Gasteiger charge is -2.17. The summed E-state index contributed by atoms with van der Waals surface area (Å²) in [6, 6.07) is 0. The molecule has 0 saturated heterocycles. The van der Waals surface area contributed by atoms with E-state index >= 15 is 0 Å². The third kappa shape index (κ3) is 4.57. The molecule has 1 aromatic heterocycles. The molecule has 0 saturated carbocycles. The average molecular weight is 243 g/mol. The molecule has 0 spiro atoms.